The summed E-state index contributed by atoms with van der Waals surface area (Å²) in [5.74, 6) is -2.72. The second-order valence-electron chi connectivity index (χ2n) is 4.81. The van der Waals surface area contributed by atoms with Gasteiger partial charge in [0.1, 0.15) is 5.56 Å². The molecule has 0 radical (unpaired) electrons. The maximum Gasteiger partial charge on any atom is 0.339 e. The van der Waals surface area contributed by atoms with Crippen LogP contribution in [0.15, 0.2) is 18.2 Å². The van der Waals surface area contributed by atoms with Gasteiger partial charge in [-0.05, 0) is 25.0 Å². The van der Waals surface area contributed by atoms with Gasteiger partial charge in [0.2, 0.25) is 0 Å². The van der Waals surface area contributed by atoms with Crippen LogP contribution in [0.4, 0.5) is 4.39 Å². The predicted octanol–water partition coefficient (Wildman–Crippen LogP) is 2.06. The second-order valence-corrected chi connectivity index (χ2v) is 4.81. The van der Waals surface area contributed by atoms with Gasteiger partial charge in [-0.2, -0.15) is 0 Å². The molecule has 0 saturated heterocycles. The molecule has 0 heterocycles. The molecule has 1 atom stereocenters. The van der Waals surface area contributed by atoms with Crippen LogP contribution in [0.2, 0.25) is 0 Å². The maximum atomic E-state index is 13.5. The number of para-hydroxylation sites is 1. The number of ether oxygens (including phenoxy) is 1. The highest BCUT2D eigenvalue weighted by atomic mass is 19.1. The smallest absolute Gasteiger partial charge is 0.339 e. The molecule has 0 aliphatic rings. The Kier molecular flexibility index (Phi) is 5.49. The van der Waals surface area contributed by atoms with Gasteiger partial charge in [0, 0.05) is 6.04 Å². The van der Waals surface area contributed by atoms with E-state index in [1.807, 2.05) is 20.8 Å². The number of nitrogens with one attached hydrogen (secondary N) is 1. The fourth-order valence-electron chi connectivity index (χ4n) is 1.42. The summed E-state index contributed by atoms with van der Waals surface area (Å²) in [7, 11) is 0. The largest absolute Gasteiger partial charge is 0.480 e. The standard InChI is InChI=1S/C14H18FNO4/c1-8(2)9(3)16-12(17)7-20-13-10(14(18)19)5-4-6-11(13)15/h4-6,8-9H,7H2,1-3H3,(H,16,17)(H,18,19). The predicted molar refractivity (Wildman–Crippen MR) is 71.3 cm³/mol. The van der Waals surface area contributed by atoms with Crippen molar-refractivity contribution < 1.29 is 23.8 Å². The Hall–Kier alpha value is -2.11. The highest BCUT2D eigenvalue weighted by Crippen LogP contribution is 2.22. The quantitative estimate of drug-likeness (QED) is 0.838. The first-order valence-corrected chi connectivity index (χ1v) is 6.27. The Balaban J connectivity index is 2.71. The van der Waals surface area contributed by atoms with E-state index in [0.29, 0.717) is 0 Å². The zero-order valence-corrected chi connectivity index (χ0v) is 11.6. The third kappa shape index (κ3) is 4.22. The Morgan fingerprint density at radius 3 is 2.55 bits per heavy atom. The van der Waals surface area contributed by atoms with E-state index >= 15 is 0 Å². The fraction of sp³-hybridized carbons (Fsp3) is 0.429. The summed E-state index contributed by atoms with van der Waals surface area (Å²) < 4.78 is 18.5. The van der Waals surface area contributed by atoms with Gasteiger partial charge in [-0.1, -0.05) is 19.9 Å². The lowest BCUT2D eigenvalue weighted by Gasteiger charge is -2.17. The molecule has 20 heavy (non-hydrogen) atoms. The lowest BCUT2D eigenvalue weighted by Crippen LogP contribution is -2.39. The monoisotopic (exact) mass is 283 g/mol. The van der Waals surface area contributed by atoms with E-state index in [1.54, 1.807) is 0 Å². The van der Waals surface area contributed by atoms with E-state index in [-0.39, 0.29) is 17.5 Å². The summed E-state index contributed by atoms with van der Waals surface area (Å²) in [4.78, 5) is 22.6. The van der Waals surface area contributed by atoms with Crippen LogP contribution in [0.1, 0.15) is 31.1 Å². The summed E-state index contributed by atoms with van der Waals surface area (Å²) in [5, 5.41) is 11.6. The number of carboxylic acids is 1. The molecule has 2 N–H and O–H groups in total. The summed E-state index contributed by atoms with van der Waals surface area (Å²) in [6.07, 6.45) is 0. The molecule has 1 unspecified atom stereocenters. The molecule has 1 amide bonds. The summed E-state index contributed by atoms with van der Waals surface area (Å²) in [5.41, 5.74) is -0.310. The molecule has 0 spiro atoms. The highest BCUT2D eigenvalue weighted by molar-refractivity contribution is 5.91. The van der Waals surface area contributed by atoms with E-state index in [0.717, 1.165) is 6.07 Å². The van der Waals surface area contributed by atoms with Crippen LogP contribution in [-0.2, 0) is 4.79 Å². The number of aromatic carboxylic acids is 1. The minimum absolute atomic E-state index is 0.0503. The van der Waals surface area contributed by atoms with E-state index in [1.165, 1.54) is 12.1 Å². The van der Waals surface area contributed by atoms with Crippen LogP contribution in [0.25, 0.3) is 0 Å². The van der Waals surface area contributed by atoms with Crippen LogP contribution < -0.4 is 10.1 Å². The number of hydrogen-bond acceptors (Lipinski definition) is 3. The molecule has 0 fully saturated rings. The van der Waals surface area contributed by atoms with Gasteiger partial charge >= 0.3 is 5.97 Å². The van der Waals surface area contributed by atoms with E-state index < -0.39 is 30.1 Å². The van der Waals surface area contributed by atoms with Gasteiger partial charge in [0.05, 0.1) is 0 Å². The Morgan fingerprint density at radius 1 is 1.35 bits per heavy atom. The first-order valence-electron chi connectivity index (χ1n) is 6.27. The van der Waals surface area contributed by atoms with Crippen molar-refractivity contribution in [1.82, 2.24) is 5.32 Å². The van der Waals surface area contributed by atoms with Crippen molar-refractivity contribution in [3.05, 3.63) is 29.6 Å². The van der Waals surface area contributed by atoms with Crippen molar-refractivity contribution >= 4 is 11.9 Å². The molecule has 1 aromatic rings. The average molecular weight is 283 g/mol. The number of amides is 1. The number of halogens is 1. The molecule has 0 saturated carbocycles. The normalized spacial score (nSPS) is 12.1. The molecule has 0 aromatic heterocycles. The zero-order chi connectivity index (χ0) is 15.3. The van der Waals surface area contributed by atoms with Crippen molar-refractivity contribution in [3.8, 4) is 5.75 Å². The molecule has 6 heteroatoms. The summed E-state index contributed by atoms with van der Waals surface area (Å²) in [6, 6.07) is 3.52. The van der Waals surface area contributed by atoms with Gasteiger partial charge in [-0.25, -0.2) is 9.18 Å². The molecule has 5 nitrogen and oxygen atoms in total. The Morgan fingerprint density at radius 2 is 2.00 bits per heavy atom. The van der Waals surface area contributed by atoms with E-state index in [2.05, 4.69) is 5.32 Å². The molecule has 0 aliphatic carbocycles. The lowest BCUT2D eigenvalue weighted by molar-refractivity contribution is -0.124. The van der Waals surface area contributed by atoms with Crippen molar-refractivity contribution in [2.45, 2.75) is 26.8 Å². The third-order valence-electron chi connectivity index (χ3n) is 2.93. The average Bonchev–Trinajstić information content (AvgIpc) is 2.36. The van der Waals surface area contributed by atoms with Crippen LogP contribution in [-0.4, -0.2) is 29.6 Å². The lowest BCUT2D eigenvalue weighted by atomic mass is 10.1. The molecule has 0 aliphatic heterocycles. The van der Waals surface area contributed by atoms with Gasteiger partial charge in [-0.15, -0.1) is 0 Å². The summed E-state index contributed by atoms with van der Waals surface area (Å²) in [6.45, 7) is 5.31. The first-order chi connectivity index (χ1) is 9.32. The van der Waals surface area contributed by atoms with Crippen molar-refractivity contribution in [3.63, 3.8) is 0 Å². The highest BCUT2D eigenvalue weighted by Gasteiger charge is 2.17. The SMILES string of the molecule is CC(C)C(C)NC(=O)COc1c(F)cccc1C(=O)O. The van der Waals surface area contributed by atoms with Gasteiger partial charge in [-0.3, -0.25) is 4.79 Å². The molecule has 1 aromatic carbocycles. The van der Waals surface area contributed by atoms with Crippen molar-refractivity contribution in [2.24, 2.45) is 5.92 Å². The first kappa shape index (κ1) is 15.9. The number of carbonyl (C=O) groups excluding carboxylic acids is 1. The zero-order valence-electron chi connectivity index (χ0n) is 11.6. The molecule has 1 rings (SSSR count). The number of rotatable bonds is 6. The second kappa shape index (κ2) is 6.88. The summed E-state index contributed by atoms with van der Waals surface area (Å²) >= 11 is 0. The topological polar surface area (TPSA) is 75.6 Å². The van der Waals surface area contributed by atoms with Crippen LogP contribution in [0.3, 0.4) is 0 Å². The van der Waals surface area contributed by atoms with Gasteiger partial charge in [0.15, 0.2) is 18.2 Å². The molecular weight excluding hydrogens is 265 g/mol. The number of carboxylic acid groups (broad SMARTS) is 1. The van der Waals surface area contributed by atoms with Gasteiger partial charge in [0.25, 0.3) is 5.91 Å². The number of hydrogen-bond donors (Lipinski definition) is 2. The fourth-order valence-corrected chi connectivity index (χ4v) is 1.42. The Labute approximate surface area is 116 Å². The van der Waals surface area contributed by atoms with Crippen molar-refractivity contribution in [2.75, 3.05) is 6.61 Å². The van der Waals surface area contributed by atoms with Crippen molar-refractivity contribution in [1.29, 1.82) is 0 Å². The maximum absolute atomic E-state index is 13.5. The Bertz CT molecular complexity index is 502. The van der Waals surface area contributed by atoms with Crippen LogP contribution in [0.5, 0.6) is 5.75 Å². The molecule has 110 valence electrons. The van der Waals surface area contributed by atoms with Crippen LogP contribution in [0, 0.1) is 11.7 Å². The van der Waals surface area contributed by atoms with Gasteiger partial charge < -0.3 is 15.2 Å². The van der Waals surface area contributed by atoms with E-state index in [4.69, 9.17) is 9.84 Å². The minimum atomic E-state index is -1.31. The minimum Gasteiger partial charge on any atom is -0.480 e. The number of benzene rings is 1. The molecule has 0 bridgehead atoms. The molecular formula is C14H18FNO4. The third-order valence-corrected chi connectivity index (χ3v) is 2.93. The number of carbonyl (C=O) groups is 2. The van der Waals surface area contributed by atoms with E-state index in [9.17, 15) is 14.0 Å². The van der Waals surface area contributed by atoms with Crippen LogP contribution >= 0.6 is 0 Å².